The molecule has 134 valence electrons. The number of aliphatic hydroxyl groups is 1. The van der Waals surface area contributed by atoms with Crippen molar-refractivity contribution in [2.75, 3.05) is 0 Å². The summed E-state index contributed by atoms with van der Waals surface area (Å²) in [7, 11) is 3.65. The van der Waals surface area contributed by atoms with Gasteiger partial charge in [-0.15, -0.1) is 0 Å². The van der Waals surface area contributed by atoms with Gasteiger partial charge in [-0.05, 0) is 68.1 Å². The lowest BCUT2D eigenvalue weighted by Gasteiger charge is -2.60. The summed E-state index contributed by atoms with van der Waals surface area (Å²) in [6.45, 7) is 0.800. The number of imidazole rings is 1. The molecule has 0 spiro atoms. The van der Waals surface area contributed by atoms with Crippen LogP contribution in [0.3, 0.4) is 0 Å². The minimum Gasteiger partial charge on any atom is -0.390 e. The molecule has 4 saturated carbocycles. The molecule has 1 aromatic heterocycles. The van der Waals surface area contributed by atoms with Crippen LogP contribution in [0, 0.1) is 11.8 Å². The first-order chi connectivity index (χ1) is 11.9. The third kappa shape index (κ3) is 2.32. The van der Waals surface area contributed by atoms with E-state index in [2.05, 4.69) is 17.4 Å². The molecule has 0 amide bonds. The molecule has 25 heavy (non-hydrogen) atoms. The number of hydrogen-bond acceptors (Lipinski definition) is 3. The quantitative estimate of drug-likeness (QED) is 0.898. The van der Waals surface area contributed by atoms with Crippen LogP contribution in [0.15, 0.2) is 23.0 Å². The number of benzene rings is 1. The minimum absolute atomic E-state index is 0.0171. The number of aryl methyl sites for hydroxylation is 2. The van der Waals surface area contributed by atoms with Crippen LogP contribution in [-0.4, -0.2) is 25.4 Å². The van der Waals surface area contributed by atoms with Crippen LogP contribution < -0.4 is 11.0 Å². The van der Waals surface area contributed by atoms with Gasteiger partial charge in [0.2, 0.25) is 0 Å². The molecule has 0 aliphatic heterocycles. The van der Waals surface area contributed by atoms with Crippen LogP contribution in [0.4, 0.5) is 0 Å². The molecule has 4 aliphatic rings. The van der Waals surface area contributed by atoms with Crippen molar-refractivity contribution in [3.05, 3.63) is 34.2 Å². The Morgan fingerprint density at radius 1 is 1.12 bits per heavy atom. The van der Waals surface area contributed by atoms with Crippen LogP contribution in [0.1, 0.15) is 44.1 Å². The Labute approximate surface area is 147 Å². The predicted octanol–water partition coefficient (Wildman–Crippen LogP) is 2.05. The molecule has 5 nitrogen and oxygen atoms in total. The van der Waals surface area contributed by atoms with Gasteiger partial charge in [0.15, 0.2) is 0 Å². The van der Waals surface area contributed by atoms with Crippen LogP contribution in [-0.2, 0) is 20.6 Å². The second kappa shape index (κ2) is 4.98. The van der Waals surface area contributed by atoms with Gasteiger partial charge < -0.3 is 10.4 Å². The second-order valence-corrected chi connectivity index (χ2v) is 9.04. The Bertz CT molecular complexity index is 896. The Morgan fingerprint density at radius 3 is 2.48 bits per heavy atom. The first-order valence-corrected chi connectivity index (χ1v) is 9.48. The fourth-order valence-corrected chi connectivity index (χ4v) is 6.37. The maximum absolute atomic E-state index is 12.1. The van der Waals surface area contributed by atoms with Crippen molar-refractivity contribution in [1.82, 2.24) is 14.5 Å². The standard InChI is InChI=1S/C20H27N3O2/c1-22-16-4-3-13(6-17(16)23(2)18(22)24)11-21-19-7-14-5-15(8-19)10-20(25,9-14)12-19/h3-4,6,14-15,21,25H,5,7-12H2,1-2H3. The Kier molecular flexibility index (Phi) is 3.12. The summed E-state index contributed by atoms with van der Waals surface area (Å²) in [5.74, 6) is 1.38. The van der Waals surface area contributed by atoms with Gasteiger partial charge in [0.25, 0.3) is 0 Å². The zero-order valence-electron chi connectivity index (χ0n) is 15.1. The predicted molar refractivity (Wildman–Crippen MR) is 97.4 cm³/mol. The van der Waals surface area contributed by atoms with Crippen molar-refractivity contribution < 1.29 is 5.11 Å². The van der Waals surface area contributed by atoms with E-state index in [9.17, 15) is 9.90 Å². The van der Waals surface area contributed by atoms with E-state index in [1.165, 1.54) is 24.8 Å². The highest BCUT2D eigenvalue weighted by atomic mass is 16.3. The summed E-state index contributed by atoms with van der Waals surface area (Å²) < 4.78 is 3.41. The maximum atomic E-state index is 12.1. The molecule has 1 aromatic carbocycles. The molecule has 2 atom stereocenters. The van der Waals surface area contributed by atoms with Gasteiger partial charge in [0, 0.05) is 26.2 Å². The summed E-state index contributed by atoms with van der Waals surface area (Å²) in [5, 5.41) is 14.7. The van der Waals surface area contributed by atoms with E-state index < -0.39 is 5.60 Å². The lowest BCUT2D eigenvalue weighted by molar-refractivity contribution is -0.142. The van der Waals surface area contributed by atoms with Gasteiger partial charge in [-0.3, -0.25) is 9.13 Å². The van der Waals surface area contributed by atoms with Crippen molar-refractivity contribution in [2.24, 2.45) is 25.9 Å². The number of hydrogen-bond donors (Lipinski definition) is 2. The average Bonchev–Trinajstić information content (AvgIpc) is 2.75. The van der Waals surface area contributed by atoms with Crippen molar-refractivity contribution in [2.45, 2.75) is 56.2 Å². The zero-order valence-corrected chi connectivity index (χ0v) is 15.1. The Hall–Kier alpha value is -1.59. The topological polar surface area (TPSA) is 59.2 Å². The van der Waals surface area contributed by atoms with Crippen molar-refractivity contribution in [3.8, 4) is 0 Å². The van der Waals surface area contributed by atoms with Crippen LogP contribution in [0.25, 0.3) is 11.0 Å². The average molecular weight is 341 g/mol. The van der Waals surface area contributed by atoms with Crippen LogP contribution >= 0.6 is 0 Å². The summed E-state index contributed by atoms with van der Waals surface area (Å²) in [6.07, 6.45) is 6.63. The molecule has 4 aliphatic carbocycles. The third-order valence-electron chi connectivity index (χ3n) is 7.03. The van der Waals surface area contributed by atoms with Gasteiger partial charge in [-0.25, -0.2) is 4.79 Å². The second-order valence-electron chi connectivity index (χ2n) is 9.04. The molecule has 6 rings (SSSR count). The molecule has 4 fully saturated rings. The summed E-state index contributed by atoms with van der Waals surface area (Å²) in [6, 6.07) is 6.28. The van der Waals surface area contributed by atoms with E-state index in [-0.39, 0.29) is 11.2 Å². The van der Waals surface area contributed by atoms with Gasteiger partial charge in [-0.2, -0.15) is 0 Å². The number of nitrogens with one attached hydrogen (secondary N) is 1. The third-order valence-corrected chi connectivity index (χ3v) is 7.03. The first-order valence-electron chi connectivity index (χ1n) is 9.48. The minimum atomic E-state index is -0.426. The molecule has 2 aromatic rings. The molecule has 0 radical (unpaired) electrons. The van der Waals surface area contributed by atoms with E-state index >= 15 is 0 Å². The molecule has 5 heteroatoms. The van der Waals surface area contributed by atoms with E-state index in [1.807, 2.05) is 20.2 Å². The monoisotopic (exact) mass is 341 g/mol. The van der Waals surface area contributed by atoms with Crippen molar-refractivity contribution >= 4 is 11.0 Å². The normalized spacial score (nSPS) is 36.4. The Morgan fingerprint density at radius 2 is 1.80 bits per heavy atom. The molecule has 2 N–H and O–H groups in total. The maximum Gasteiger partial charge on any atom is 0.328 e. The molecular formula is C20H27N3O2. The lowest BCUT2D eigenvalue weighted by Crippen LogP contribution is -2.64. The SMILES string of the molecule is Cn1c(=O)n(C)c2cc(CNC34CC5CC(CC(O)(C5)C3)C4)ccc21. The highest BCUT2D eigenvalue weighted by molar-refractivity contribution is 5.76. The van der Waals surface area contributed by atoms with Gasteiger partial charge in [0.1, 0.15) is 0 Å². The van der Waals surface area contributed by atoms with Crippen LogP contribution in [0.5, 0.6) is 0 Å². The summed E-state index contributed by atoms with van der Waals surface area (Å²) in [4.78, 5) is 12.1. The number of fused-ring (bicyclic) bond motifs is 1. The molecule has 4 bridgehead atoms. The van der Waals surface area contributed by atoms with E-state index in [4.69, 9.17) is 0 Å². The first kappa shape index (κ1) is 15.6. The largest absolute Gasteiger partial charge is 0.390 e. The van der Waals surface area contributed by atoms with Gasteiger partial charge in [-0.1, -0.05) is 6.07 Å². The lowest BCUT2D eigenvalue weighted by atomic mass is 9.51. The van der Waals surface area contributed by atoms with Crippen LogP contribution in [0.2, 0.25) is 0 Å². The highest BCUT2D eigenvalue weighted by Gasteiger charge is 2.56. The van der Waals surface area contributed by atoms with E-state index in [0.717, 1.165) is 36.8 Å². The van der Waals surface area contributed by atoms with Gasteiger partial charge >= 0.3 is 5.69 Å². The number of aromatic nitrogens is 2. The van der Waals surface area contributed by atoms with Crippen molar-refractivity contribution in [3.63, 3.8) is 0 Å². The van der Waals surface area contributed by atoms with Crippen molar-refractivity contribution in [1.29, 1.82) is 0 Å². The smallest absolute Gasteiger partial charge is 0.328 e. The number of nitrogens with zero attached hydrogens (tertiary/aromatic N) is 2. The summed E-state index contributed by atoms with van der Waals surface area (Å²) >= 11 is 0. The van der Waals surface area contributed by atoms with E-state index in [0.29, 0.717) is 11.8 Å². The Balaban J connectivity index is 1.41. The molecule has 1 heterocycles. The number of rotatable bonds is 3. The summed E-state index contributed by atoms with van der Waals surface area (Å²) in [5.41, 5.74) is 2.86. The van der Waals surface area contributed by atoms with E-state index in [1.54, 1.807) is 9.13 Å². The van der Waals surface area contributed by atoms with Gasteiger partial charge in [0.05, 0.1) is 16.6 Å². The highest BCUT2D eigenvalue weighted by Crippen LogP contribution is 2.57. The fourth-order valence-electron chi connectivity index (χ4n) is 6.37. The molecule has 0 saturated heterocycles. The molecular weight excluding hydrogens is 314 g/mol. The molecule has 2 unspecified atom stereocenters. The zero-order chi connectivity index (χ0) is 17.4. The fraction of sp³-hybridized carbons (Fsp3) is 0.650.